The molecule has 1 aliphatic rings. The molecule has 25 heavy (non-hydrogen) atoms. The molecule has 7 heteroatoms. The van der Waals surface area contributed by atoms with E-state index >= 15 is 0 Å². The fourth-order valence-electron chi connectivity index (χ4n) is 2.68. The van der Waals surface area contributed by atoms with E-state index in [1.807, 2.05) is 19.1 Å². The average Bonchev–Trinajstić information content (AvgIpc) is 2.60. The van der Waals surface area contributed by atoms with Gasteiger partial charge in [-0.3, -0.25) is 14.5 Å². The highest BCUT2D eigenvalue weighted by Gasteiger charge is 2.20. The molecule has 1 aromatic rings. The van der Waals surface area contributed by atoms with Crippen molar-refractivity contribution < 1.29 is 19.4 Å². The number of rotatable bonds is 9. The van der Waals surface area contributed by atoms with E-state index in [0.29, 0.717) is 12.2 Å². The predicted molar refractivity (Wildman–Crippen MR) is 95.7 cm³/mol. The number of morpholine rings is 1. The summed E-state index contributed by atoms with van der Waals surface area (Å²) in [6.07, 6.45) is 0.740. The number of nitrogens with zero attached hydrogens (tertiary/aromatic N) is 1. The van der Waals surface area contributed by atoms with E-state index in [9.17, 15) is 14.7 Å². The van der Waals surface area contributed by atoms with Crippen LogP contribution in [-0.4, -0.2) is 67.3 Å². The molecule has 0 saturated carbocycles. The van der Waals surface area contributed by atoms with E-state index in [2.05, 4.69) is 15.5 Å². The van der Waals surface area contributed by atoms with Gasteiger partial charge >= 0.3 is 5.97 Å². The van der Waals surface area contributed by atoms with E-state index < -0.39 is 12.0 Å². The molecule has 1 heterocycles. The number of ether oxygens (including phenoxy) is 1. The molecule has 2 rings (SSSR count). The third kappa shape index (κ3) is 7.21. The molecule has 0 aliphatic carbocycles. The maximum atomic E-state index is 12.1. The van der Waals surface area contributed by atoms with Crippen molar-refractivity contribution in [1.29, 1.82) is 0 Å². The van der Waals surface area contributed by atoms with Gasteiger partial charge in [0.2, 0.25) is 5.91 Å². The second-order valence-electron chi connectivity index (χ2n) is 6.27. The molecule has 1 amide bonds. The van der Waals surface area contributed by atoms with E-state index in [4.69, 9.17) is 4.74 Å². The normalized spacial score (nSPS) is 16.4. The Morgan fingerprint density at radius 2 is 1.92 bits per heavy atom. The molecule has 0 bridgehead atoms. The summed E-state index contributed by atoms with van der Waals surface area (Å²) in [5.74, 6) is -1.32. The van der Waals surface area contributed by atoms with E-state index in [1.54, 1.807) is 12.1 Å². The molecular formula is C18H27N3O4. The summed E-state index contributed by atoms with van der Waals surface area (Å²) in [6, 6.07) is 6.52. The van der Waals surface area contributed by atoms with Gasteiger partial charge in [0, 0.05) is 18.8 Å². The van der Waals surface area contributed by atoms with Crippen LogP contribution in [0.2, 0.25) is 0 Å². The topological polar surface area (TPSA) is 90.9 Å². The second-order valence-corrected chi connectivity index (χ2v) is 6.27. The maximum Gasteiger partial charge on any atom is 0.321 e. The summed E-state index contributed by atoms with van der Waals surface area (Å²) in [7, 11) is 0. The van der Waals surface area contributed by atoms with Gasteiger partial charge in [-0.2, -0.15) is 0 Å². The zero-order chi connectivity index (χ0) is 18.1. The lowest BCUT2D eigenvalue weighted by molar-refractivity contribution is -0.141. The van der Waals surface area contributed by atoms with Crippen molar-refractivity contribution in [2.24, 2.45) is 0 Å². The van der Waals surface area contributed by atoms with Crippen LogP contribution in [0.15, 0.2) is 24.3 Å². The highest BCUT2D eigenvalue weighted by atomic mass is 16.5. The number of benzene rings is 1. The van der Waals surface area contributed by atoms with Crippen molar-refractivity contribution in [1.82, 2.24) is 10.2 Å². The number of carboxylic acid groups (broad SMARTS) is 1. The molecule has 3 N–H and O–H groups in total. The Balaban J connectivity index is 1.70. The smallest absolute Gasteiger partial charge is 0.321 e. The summed E-state index contributed by atoms with van der Waals surface area (Å²) in [4.78, 5) is 25.7. The quantitative estimate of drug-likeness (QED) is 0.578. The van der Waals surface area contributed by atoms with Crippen LogP contribution < -0.4 is 10.6 Å². The Kier molecular flexibility index (Phi) is 7.84. The lowest BCUT2D eigenvalue weighted by atomic mass is 10.1. The largest absolute Gasteiger partial charge is 0.480 e. The Morgan fingerprint density at radius 3 is 2.56 bits per heavy atom. The van der Waals surface area contributed by atoms with Crippen LogP contribution in [0.25, 0.3) is 0 Å². The van der Waals surface area contributed by atoms with Gasteiger partial charge in [0.05, 0.1) is 19.6 Å². The molecular weight excluding hydrogens is 322 g/mol. The number of carbonyl (C=O) groups excluding carboxylic acids is 1. The number of carboxylic acids is 1. The highest BCUT2D eigenvalue weighted by Crippen LogP contribution is 2.09. The van der Waals surface area contributed by atoms with Crippen LogP contribution in [0.3, 0.4) is 0 Å². The van der Waals surface area contributed by atoms with Crippen LogP contribution in [0.5, 0.6) is 0 Å². The van der Waals surface area contributed by atoms with Crippen molar-refractivity contribution in [2.75, 3.05) is 44.7 Å². The molecule has 0 unspecified atom stereocenters. The van der Waals surface area contributed by atoms with Gasteiger partial charge < -0.3 is 20.5 Å². The van der Waals surface area contributed by atoms with Crippen LogP contribution in [0.4, 0.5) is 5.69 Å². The zero-order valence-electron chi connectivity index (χ0n) is 14.7. The second kappa shape index (κ2) is 10.1. The first-order valence-electron chi connectivity index (χ1n) is 8.67. The number of nitrogens with one attached hydrogen (secondary N) is 2. The molecule has 0 aromatic heterocycles. The SMILES string of the molecule is Cc1ccc(NC(=O)C[C@@H](NCCCN2CCOCC2)C(=O)O)cc1. The van der Waals surface area contributed by atoms with Crippen LogP contribution in [-0.2, 0) is 14.3 Å². The third-order valence-corrected chi connectivity index (χ3v) is 4.17. The number of aliphatic carboxylic acids is 1. The number of anilines is 1. The average molecular weight is 349 g/mol. The number of carbonyl (C=O) groups is 2. The lowest BCUT2D eigenvalue weighted by Crippen LogP contribution is -2.42. The monoisotopic (exact) mass is 349 g/mol. The standard InChI is InChI=1S/C18H27N3O4/c1-14-3-5-15(6-4-14)20-17(22)13-16(18(23)24)19-7-2-8-21-9-11-25-12-10-21/h3-6,16,19H,2,7-13H2,1H3,(H,20,22)(H,23,24)/t16-/m1/s1. The fourth-order valence-corrected chi connectivity index (χ4v) is 2.68. The van der Waals surface area contributed by atoms with Crippen LogP contribution >= 0.6 is 0 Å². The van der Waals surface area contributed by atoms with Gasteiger partial charge in [0.25, 0.3) is 0 Å². The molecule has 138 valence electrons. The number of amides is 1. The van der Waals surface area contributed by atoms with Gasteiger partial charge in [0.1, 0.15) is 6.04 Å². The van der Waals surface area contributed by atoms with Gasteiger partial charge in [-0.15, -0.1) is 0 Å². The van der Waals surface area contributed by atoms with Gasteiger partial charge in [-0.05, 0) is 38.6 Å². The van der Waals surface area contributed by atoms with Crippen LogP contribution in [0, 0.1) is 6.92 Å². The van der Waals surface area contributed by atoms with Gasteiger partial charge in [0.15, 0.2) is 0 Å². The first-order chi connectivity index (χ1) is 12.0. The third-order valence-electron chi connectivity index (χ3n) is 4.17. The molecule has 0 spiro atoms. The molecule has 1 aliphatic heterocycles. The number of hydrogen-bond donors (Lipinski definition) is 3. The lowest BCUT2D eigenvalue weighted by Gasteiger charge is -2.26. The molecule has 0 radical (unpaired) electrons. The number of aryl methyl sites for hydroxylation is 1. The molecule has 1 atom stereocenters. The fraction of sp³-hybridized carbons (Fsp3) is 0.556. The summed E-state index contributed by atoms with van der Waals surface area (Å²) >= 11 is 0. The first kappa shape index (κ1) is 19.4. The van der Waals surface area contributed by atoms with Gasteiger partial charge in [-0.25, -0.2) is 0 Å². The van der Waals surface area contributed by atoms with Crippen molar-refractivity contribution >= 4 is 17.6 Å². The minimum Gasteiger partial charge on any atom is -0.480 e. The van der Waals surface area contributed by atoms with Gasteiger partial charge in [-0.1, -0.05) is 17.7 Å². The first-order valence-corrected chi connectivity index (χ1v) is 8.67. The minimum atomic E-state index is -1.01. The minimum absolute atomic E-state index is 0.0965. The highest BCUT2D eigenvalue weighted by molar-refractivity contribution is 5.94. The number of hydrogen-bond acceptors (Lipinski definition) is 5. The summed E-state index contributed by atoms with van der Waals surface area (Å²) in [5.41, 5.74) is 1.77. The van der Waals surface area contributed by atoms with Crippen LogP contribution in [0.1, 0.15) is 18.4 Å². The summed E-state index contributed by atoms with van der Waals surface area (Å²) in [6.45, 7) is 6.77. The Hall–Kier alpha value is -1.96. The maximum absolute atomic E-state index is 12.1. The molecule has 1 fully saturated rings. The summed E-state index contributed by atoms with van der Waals surface area (Å²) in [5, 5.41) is 15.0. The molecule has 7 nitrogen and oxygen atoms in total. The van der Waals surface area contributed by atoms with E-state index in [0.717, 1.165) is 44.8 Å². The Labute approximate surface area is 148 Å². The molecule has 1 saturated heterocycles. The Bertz CT molecular complexity index is 556. The van der Waals surface area contributed by atoms with E-state index in [1.165, 1.54) is 0 Å². The molecule has 1 aromatic carbocycles. The van der Waals surface area contributed by atoms with Crippen molar-refractivity contribution in [3.63, 3.8) is 0 Å². The zero-order valence-corrected chi connectivity index (χ0v) is 14.7. The van der Waals surface area contributed by atoms with Crippen molar-refractivity contribution in [2.45, 2.75) is 25.8 Å². The van der Waals surface area contributed by atoms with E-state index in [-0.39, 0.29) is 12.3 Å². The Morgan fingerprint density at radius 1 is 1.24 bits per heavy atom. The summed E-state index contributed by atoms with van der Waals surface area (Å²) < 4.78 is 5.30. The van der Waals surface area contributed by atoms with Crippen molar-refractivity contribution in [3.05, 3.63) is 29.8 Å². The van der Waals surface area contributed by atoms with Crippen molar-refractivity contribution in [3.8, 4) is 0 Å². The predicted octanol–water partition coefficient (Wildman–Crippen LogP) is 1.09.